The molecule has 0 fully saturated rings. The molecule has 112 valence electrons. The summed E-state index contributed by atoms with van der Waals surface area (Å²) in [6.07, 6.45) is 3.07. The molecule has 5 nitrogen and oxygen atoms in total. The summed E-state index contributed by atoms with van der Waals surface area (Å²) in [5.74, 6) is -0.303. The van der Waals surface area contributed by atoms with E-state index in [9.17, 15) is 9.59 Å². The van der Waals surface area contributed by atoms with Crippen LogP contribution in [-0.2, 0) is 11.2 Å². The van der Waals surface area contributed by atoms with Gasteiger partial charge in [-0.05, 0) is 36.8 Å². The molecule has 0 saturated heterocycles. The summed E-state index contributed by atoms with van der Waals surface area (Å²) in [6.45, 7) is 1.90. The fourth-order valence-corrected chi connectivity index (χ4v) is 3.01. The number of nitrogens with one attached hydrogen (secondary N) is 2. The Morgan fingerprint density at radius 2 is 2.20 bits per heavy atom. The highest BCUT2D eigenvalue weighted by Gasteiger charge is 2.20. The summed E-state index contributed by atoms with van der Waals surface area (Å²) in [6, 6.07) is 2.68. The number of aliphatic carboxylic acids is 1. The number of rotatable bonds is 8. The molecule has 0 aliphatic carbocycles. The van der Waals surface area contributed by atoms with Gasteiger partial charge in [0.05, 0.1) is 0 Å². The number of hydrogen-bond donors (Lipinski definition) is 3. The average molecular weight is 316 g/mol. The maximum Gasteiger partial charge on any atom is 0.326 e. The summed E-state index contributed by atoms with van der Waals surface area (Å²) in [7, 11) is 0. The minimum Gasteiger partial charge on any atom is -0.480 e. The van der Waals surface area contributed by atoms with Crippen molar-refractivity contribution >= 4 is 35.1 Å². The third kappa shape index (κ3) is 6.29. The van der Waals surface area contributed by atoms with Crippen LogP contribution in [0.15, 0.2) is 17.5 Å². The van der Waals surface area contributed by atoms with Crippen molar-refractivity contribution in [1.29, 1.82) is 0 Å². The standard InChI is InChI=1S/C13H20N2O3S2/c1-9(8-10-4-3-6-20-10)14-13(18)15-11(12(16)17)5-7-19-2/h3-4,6,9,11H,5,7-8H2,1-2H3,(H,16,17)(H2,14,15,18)/t9?,11-/m1/s1. The first-order chi connectivity index (χ1) is 9.52. The zero-order valence-electron chi connectivity index (χ0n) is 11.6. The Bertz CT molecular complexity index is 423. The highest BCUT2D eigenvalue weighted by Crippen LogP contribution is 2.10. The Kier molecular flexibility index (Phi) is 7.46. The molecule has 2 amide bonds. The molecule has 1 rings (SSSR count). The van der Waals surface area contributed by atoms with Crippen LogP contribution in [0.25, 0.3) is 0 Å². The Morgan fingerprint density at radius 3 is 2.75 bits per heavy atom. The fourth-order valence-electron chi connectivity index (χ4n) is 1.70. The Labute approximate surface area is 127 Å². The van der Waals surface area contributed by atoms with Crippen LogP contribution in [0.5, 0.6) is 0 Å². The maximum absolute atomic E-state index is 11.8. The molecule has 0 spiro atoms. The van der Waals surface area contributed by atoms with Crippen LogP contribution >= 0.6 is 23.1 Å². The van der Waals surface area contributed by atoms with E-state index in [2.05, 4.69) is 10.6 Å². The lowest BCUT2D eigenvalue weighted by Crippen LogP contribution is -2.49. The molecule has 2 atom stereocenters. The van der Waals surface area contributed by atoms with E-state index < -0.39 is 18.0 Å². The summed E-state index contributed by atoms with van der Waals surface area (Å²) in [5.41, 5.74) is 0. The second kappa shape index (κ2) is 8.86. The van der Waals surface area contributed by atoms with Gasteiger partial charge in [-0.25, -0.2) is 9.59 Å². The van der Waals surface area contributed by atoms with Crippen molar-refractivity contribution in [3.8, 4) is 0 Å². The third-order valence-electron chi connectivity index (χ3n) is 2.68. The van der Waals surface area contributed by atoms with E-state index in [1.807, 2.05) is 30.7 Å². The number of thiophene rings is 1. The molecule has 0 radical (unpaired) electrons. The summed E-state index contributed by atoms with van der Waals surface area (Å²) >= 11 is 3.20. The lowest BCUT2D eigenvalue weighted by atomic mass is 10.2. The van der Waals surface area contributed by atoms with Crippen molar-refractivity contribution in [3.63, 3.8) is 0 Å². The molecule has 3 N–H and O–H groups in total. The van der Waals surface area contributed by atoms with E-state index >= 15 is 0 Å². The topological polar surface area (TPSA) is 78.4 Å². The van der Waals surface area contributed by atoms with E-state index in [-0.39, 0.29) is 6.04 Å². The summed E-state index contributed by atoms with van der Waals surface area (Å²) in [5, 5.41) is 16.3. The number of amides is 2. The van der Waals surface area contributed by atoms with Crippen molar-refractivity contribution in [2.75, 3.05) is 12.0 Å². The predicted molar refractivity (Wildman–Crippen MR) is 83.6 cm³/mol. The van der Waals surface area contributed by atoms with E-state index in [4.69, 9.17) is 5.11 Å². The van der Waals surface area contributed by atoms with Gasteiger partial charge in [-0.2, -0.15) is 11.8 Å². The number of hydrogen-bond acceptors (Lipinski definition) is 4. The van der Waals surface area contributed by atoms with Crippen molar-refractivity contribution in [2.45, 2.75) is 31.8 Å². The first-order valence-electron chi connectivity index (χ1n) is 6.34. The van der Waals surface area contributed by atoms with Gasteiger partial charge in [0, 0.05) is 17.3 Å². The second-order valence-electron chi connectivity index (χ2n) is 4.47. The van der Waals surface area contributed by atoms with E-state index in [0.717, 1.165) is 6.42 Å². The first kappa shape index (κ1) is 16.8. The zero-order chi connectivity index (χ0) is 15.0. The molecular weight excluding hydrogens is 296 g/mol. The van der Waals surface area contributed by atoms with Gasteiger partial charge in [0.15, 0.2) is 0 Å². The highest BCUT2D eigenvalue weighted by atomic mass is 32.2. The van der Waals surface area contributed by atoms with Crippen molar-refractivity contribution < 1.29 is 14.7 Å². The van der Waals surface area contributed by atoms with E-state index in [0.29, 0.717) is 12.2 Å². The normalized spacial score (nSPS) is 13.5. The monoisotopic (exact) mass is 316 g/mol. The van der Waals surface area contributed by atoms with Gasteiger partial charge in [-0.15, -0.1) is 11.3 Å². The number of carbonyl (C=O) groups is 2. The molecule has 1 unspecified atom stereocenters. The van der Waals surface area contributed by atoms with Crippen LogP contribution < -0.4 is 10.6 Å². The molecule has 1 heterocycles. The molecule has 1 aromatic rings. The number of carbonyl (C=O) groups excluding carboxylic acids is 1. The number of carboxylic acid groups (broad SMARTS) is 1. The molecule has 0 saturated carbocycles. The minimum atomic E-state index is -1.000. The Hall–Kier alpha value is -1.21. The van der Waals surface area contributed by atoms with E-state index in [1.165, 1.54) is 4.88 Å². The lowest BCUT2D eigenvalue weighted by Gasteiger charge is -2.17. The number of thioether (sulfide) groups is 1. The quantitative estimate of drug-likeness (QED) is 0.687. The zero-order valence-corrected chi connectivity index (χ0v) is 13.2. The van der Waals surface area contributed by atoms with Gasteiger partial charge >= 0.3 is 12.0 Å². The van der Waals surface area contributed by atoms with Crippen LogP contribution in [-0.4, -0.2) is 41.2 Å². The van der Waals surface area contributed by atoms with Gasteiger partial charge < -0.3 is 15.7 Å². The van der Waals surface area contributed by atoms with Crippen molar-refractivity contribution in [3.05, 3.63) is 22.4 Å². The van der Waals surface area contributed by atoms with Crippen LogP contribution in [0.4, 0.5) is 4.79 Å². The van der Waals surface area contributed by atoms with Crippen LogP contribution in [0.2, 0.25) is 0 Å². The minimum absolute atomic E-state index is 0.0383. The predicted octanol–water partition coefficient (Wildman–Crippen LogP) is 2.18. The molecule has 7 heteroatoms. The summed E-state index contributed by atoms with van der Waals surface area (Å²) in [4.78, 5) is 24.0. The van der Waals surface area contributed by atoms with E-state index in [1.54, 1.807) is 23.1 Å². The van der Waals surface area contributed by atoms with Gasteiger partial charge in [0.2, 0.25) is 0 Å². The first-order valence-corrected chi connectivity index (χ1v) is 8.61. The maximum atomic E-state index is 11.8. The molecule has 1 aromatic heterocycles. The second-order valence-corrected chi connectivity index (χ2v) is 6.49. The van der Waals surface area contributed by atoms with Crippen molar-refractivity contribution in [1.82, 2.24) is 10.6 Å². The molecule has 0 bridgehead atoms. The third-order valence-corrected chi connectivity index (χ3v) is 4.22. The van der Waals surface area contributed by atoms with Crippen LogP contribution in [0.1, 0.15) is 18.2 Å². The van der Waals surface area contributed by atoms with Gasteiger partial charge in [0.1, 0.15) is 6.04 Å². The Balaban J connectivity index is 2.38. The van der Waals surface area contributed by atoms with Crippen LogP contribution in [0.3, 0.4) is 0 Å². The summed E-state index contributed by atoms with van der Waals surface area (Å²) < 4.78 is 0. The average Bonchev–Trinajstić information content (AvgIpc) is 2.86. The van der Waals surface area contributed by atoms with Gasteiger partial charge in [-0.1, -0.05) is 6.07 Å². The molecule has 0 aliphatic heterocycles. The molecule has 0 aromatic carbocycles. The highest BCUT2D eigenvalue weighted by molar-refractivity contribution is 7.98. The smallest absolute Gasteiger partial charge is 0.326 e. The lowest BCUT2D eigenvalue weighted by molar-refractivity contribution is -0.139. The Morgan fingerprint density at radius 1 is 1.45 bits per heavy atom. The number of carboxylic acids is 1. The molecule has 0 aliphatic rings. The SMILES string of the molecule is CSCC[C@@H](NC(=O)NC(C)Cc1cccs1)C(=O)O. The van der Waals surface area contributed by atoms with Crippen LogP contribution in [0, 0.1) is 0 Å². The fraction of sp³-hybridized carbons (Fsp3) is 0.538. The van der Waals surface area contributed by atoms with Gasteiger partial charge in [-0.3, -0.25) is 0 Å². The molecule has 20 heavy (non-hydrogen) atoms. The van der Waals surface area contributed by atoms with Crippen molar-refractivity contribution in [2.24, 2.45) is 0 Å². The number of urea groups is 1. The largest absolute Gasteiger partial charge is 0.480 e. The molecular formula is C13H20N2O3S2. The van der Waals surface area contributed by atoms with Gasteiger partial charge in [0.25, 0.3) is 0 Å².